The normalized spacial score (nSPS) is 13.6. The number of anilines is 1. The number of aliphatic imine (C=N–C) groups is 1. The summed E-state index contributed by atoms with van der Waals surface area (Å²) in [6.07, 6.45) is 2.24. The number of guanidine groups is 1. The van der Waals surface area contributed by atoms with Crippen molar-refractivity contribution in [2.75, 3.05) is 5.32 Å². The Balaban J connectivity index is 1.67. The molecule has 1 aliphatic carbocycles. The van der Waals surface area contributed by atoms with Crippen molar-refractivity contribution in [3.05, 3.63) is 71.3 Å². The van der Waals surface area contributed by atoms with Gasteiger partial charge in [-0.3, -0.25) is 0 Å². The number of rotatable bonds is 3. The Bertz CT molecular complexity index is 960. The predicted octanol–water partition coefficient (Wildman–Crippen LogP) is 5.12. The SMILES string of the molecule is CC(C)c1cccc(NC(N)=Nc2ccc3c4c(cccc24)CC3)c1. The van der Waals surface area contributed by atoms with Gasteiger partial charge in [-0.25, -0.2) is 4.99 Å². The highest BCUT2D eigenvalue weighted by Gasteiger charge is 2.15. The maximum atomic E-state index is 6.19. The van der Waals surface area contributed by atoms with Gasteiger partial charge in [0.1, 0.15) is 0 Å². The van der Waals surface area contributed by atoms with Crippen molar-refractivity contribution < 1.29 is 0 Å². The molecule has 0 saturated heterocycles. The van der Waals surface area contributed by atoms with Crippen molar-refractivity contribution in [1.29, 1.82) is 0 Å². The minimum absolute atomic E-state index is 0.416. The number of hydrogen-bond donors (Lipinski definition) is 2. The number of hydrogen-bond acceptors (Lipinski definition) is 1. The molecule has 0 spiro atoms. The molecule has 1 aliphatic rings. The van der Waals surface area contributed by atoms with Gasteiger partial charge in [-0.05, 0) is 59.0 Å². The first-order chi connectivity index (χ1) is 12.1. The summed E-state index contributed by atoms with van der Waals surface area (Å²) in [5.41, 5.74) is 12.2. The van der Waals surface area contributed by atoms with Gasteiger partial charge in [0, 0.05) is 11.1 Å². The van der Waals surface area contributed by atoms with E-state index in [1.807, 2.05) is 12.1 Å². The van der Waals surface area contributed by atoms with Crippen LogP contribution in [-0.2, 0) is 12.8 Å². The van der Waals surface area contributed by atoms with Crippen molar-refractivity contribution in [3.8, 4) is 0 Å². The van der Waals surface area contributed by atoms with E-state index in [2.05, 4.69) is 66.6 Å². The summed E-state index contributed by atoms with van der Waals surface area (Å²) in [5, 5.41) is 5.77. The van der Waals surface area contributed by atoms with E-state index in [9.17, 15) is 0 Å². The summed E-state index contributed by atoms with van der Waals surface area (Å²) in [4.78, 5) is 4.65. The van der Waals surface area contributed by atoms with Crippen LogP contribution in [0.15, 0.2) is 59.6 Å². The molecule has 0 radical (unpaired) electrons. The molecule has 0 saturated carbocycles. The van der Waals surface area contributed by atoms with E-state index < -0.39 is 0 Å². The molecule has 3 heteroatoms. The Hall–Kier alpha value is -2.81. The summed E-state index contributed by atoms with van der Waals surface area (Å²) in [6.45, 7) is 4.37. The minimum Gasteiger partial charge on any atom is -0.369 e. The Labute approximate surface area is 148 Å². The van der Waals surface area contributed by atoms with Gasteiger partial charge < -0.3 is 11.1 Å². The second-order valence-corrected chi connectivity index (χ2v) is 6.99. The molecule has 0 unspecified atom stereocenters. The number of benzene rings is 3. The summed E-state index contributed by atoms with van der Waals surface area (Å²) in [7, 11) is 0. The minimum atomic E-state index is 0.416. The van der Waals surface area contributed by atoms with Crippen molar-refractivity contribution in [2.24, 2.45) is 10.7 Å². The maximum absolute atomic E-state index is 6.19. The third kappa shape index (κ3) is 2.98. The van der Waals surface area contributed by atoms with Gasteiger partial charge in [-0.2, -0.15) is 0 Å². The maximum Gasteiger partial charge on any atom is 0.198 e. The highest BCUT2D eigenvalue weighted by molar-refractivity contribution is 6.02. The van der Waals surface area contributed by atoms with Gasteiger partial charge in [0.15, 0.2) is 5.96 Å². The Morgan fingerprint density at radius 3 is 2.56 bits per heavy atom. The highest BCUT2D eigenvalue weighted by atomic mass is 15.1. The van der Waals surface area contributed by atoms with E-state index in [0.29, 0.717) is 11.9 Å². The largest absolute Gasteiger partial charge is 0.369 e. The van der Waals surface area contributed by atoms with Crippen LogP contribution in [0.4, 0.5) is 11.4 Å². The van der Waals surface area contributed by atoms with Crippen LogP contribution in [0, 0.1) is 0 Å². The fourth-order valence-electron chi connectivity index (χ4n) is 3.61. The molecular weight excluding hydrogens is 306 g/mol. The van der Waals surface area contributed by atoms with Crippen molar-refractivity contribution >= 4 is 28.1 Å². The smallest absolute Gasteiger partial charge is 0.198 e. The fraction of sp³-hybridized carbons (Fsp3) is 0.227. The van der Waals surface area contributed by atoms with Crippen molar-refractivity contribution in [2.45, 2.75) is 32.6 Å². The molecule has 4 rings (SSSR count). The first kappa shape index (κ1) is 15.7. The van der Waals surface area contributed by atoms with Crippen LogP contribution in [-0.4, -0.2) is 5.96 Å². The Morgan fingerprint density at radius 1 is 1.00 bits per heavy atom. The monoisotopic (exact) mass is 329 g/mol. The average Bonchev–Trinajstić information content (AvgIpc) is 3.02. The van der Waals surface area contributed by atoms with E-state index in [-0.39, 0.29) is 0 Å². The highest BCUT2D eigenvalue weighted by Crippen LogP contribution is 2.36. The molecular formula is C22H23N3. The molecule has 0 amide bonds. The van der Waals surface area contributed by atoms with E-state index in [0.717, 1.165) is 24.2 Å². The lowest BCUT2D eigenvalue weighted by Gasteiger charge is -2.11. The molecule has 0 bridgehead atoms. The topological polar surface area (TPSA) is 50.4 Å². The molecule has 0 atom stereocenters. The van der Waals surface area contributed by atoms with Crippen LogP contribution in [0.3, 0.4) is 0 Å². The zero-order chi connectivity index (χ0) is 17.4. The summed E-state index contributed by atoms with van der Waals surface area (Å²) in [6, 6.07) is 19.0. The molecule has 3 aromatic carbocycles. The van der Waals surface area contributed by atoms with Gasteiger partial charge in [0.25, 0.3) is 0 Å². The quantitative estimate of drug-likeness (QED) is 0.517. The molecule has 0 aromatic heterocycles. The lowest BCUT2D eigenvalue weighted by Crippen LogP contribution is -2.22. The molecule has 126 valence electrons. The Morgan fingerprint density at radius 2 is 1.76 bits per heavy atom. The molecule has 0 heterocycles. The third-order valence-corrected chi connectivity index (χ3v) is 4.92. The lowest BCUT2D eigenvalue weighted by atomic mass is 10.0. The second-order valence-electron chi connectivity index (χ2n) is 6.99. The van der Waals surface area contributed by atoms with Gasteiger partial charge in [-0.1, -0.05) is 50.2 Å². The average molecular weight is 329 g/mol. The zero-order valence-electron chi connectivity index (χ0n) is 14.7. The molecule has 3 aromatic rings. The third-order valence-electron chi connectivity index (χ3n) is 4.92. The first-order valence-electron chi connectivity index (χ1n) is 8.86. The van der Waals surface area contributed by atoms with E-state index >= 15 is 0 Å². The zero-order valence-corrected chi connectivity index (χ0v) is 14.7. The standard InChI is InChI=1S/C22H23N3/c1-14(2)17-6-3-7-18(13-17)24-22(23)25-20-12-11-16-10-9-15-5-4-8-19(20)21(15)16/h3-8,11-14H,9-10H2,1-2H3,(H3,23,24,25). The molecule has 0 fully saturated rings. The van der Waals surface area contributed by atoms with Gasteiger partial charge >= 0.3 is 0 Å². The molecule has 3 N–H and O–H groups in total. The van der Waals surface area contributed by atoms with E-state index in [4.69, 9.17) is 5.73 Å². The number of aryl methyl sites for hydroxylation is 2. The van der Waals surface area contributed by atoms with E-state index in [1.165, 1.54) is 27.5 Å². The number of nitrogens with two attached hydrogens (primary N) is 1. The molecule has 0 aliphatic heterocycles. The number of nitrogens with one attached hydrogen (secondary N) is 1. The molecule has 25 heavy (non-hydrogen) atoms. The summed E-state index contributed by atoms with van der Waals surface area (Å²) >= 11 is 0. The van der Waals surface area contributed by atoms with Crippen LogP contribution < -0.4 is 11.1 Å². The fourth-order valence-corrected chi connectivity index (χ4v) is 3.61. The van der Waals surface area contributed by atoms with Gasteiger partial charge in [-0.15, -0.1) is 0 Å². The second kappa shape index (κ2) is 6.25. The van der Waals surface area contributed by atoms with Gasteiger partial charge in [0.05, 0.1) is 5.69 Å². The van der Waals surface area contributed by atoms with Crippen LogP contribution >= 0.6 is 0 Å². The van der Waals surface area contributed by atoms with Crippen LogP contribution in [0.25, 0.3) is 10.8 Å². The molecule has 3 nitrogen and oxygen atoms in total. The first-order valence-corrected chi connectivity index (χ1v) is 8.86. The number of nitrogens with zero attached hydrogens (tertiary/aromatic N) is 1. The van der Waals surface area contributed by atoms with Crippen molar-refractivity contribution in [3.63, 3.8) is 0 Å². The van der Waals surface area contributed by atoms with E-state index in [1.54, 1.807) is 0 Å². The Kier molecular flexibility index (Phi) is 3.92. The van der Waals surface area contributed by atoms with Crippen LogP contribution in [0.5, 0.6) is 0 Å². The van der Waals surface area contributed by atoms with Crippen LogP contribution in [0.1, 0.15) is 36.5 Å². The van der Waals surface area contributed by atoms with Gasteiger partial charge in [0.2, 0.25) is 0 Å². The lowest BCUT2D eigenvalue weighted by molar-refractivity contribution is 0.867. The van der Waals surface area contributed by atoms with Crippen molar-refractivity contribution in [1.82, 2.24) is 0 Å². The van der Waals surface area contributed by atoms with Crippen LogP contribution in [0.2, 0.25) is 0 Å². The summed E-state index contributed by atoms with van der Waals surface area (Å²) < 4.78 is 0. The predicted molar refractivity (Wildman–Crippen MR) is 107 cm³/mol. The summed E-state index contributed by atoms with van der Waals surface area (Å²) in [5.74, 6) is 0.899.